The van der Waals surface area contributed by atoms with E-state index >= 15 is 0 Å². The fourth-order valence-electron chi connectivity index (χ4n) is 1.38. The maximum atomic E-state index is 11.9. The van der Waals surface area contributed by atoms with Gasteiger partial charge in [-0.15, -0.1) is 0 Å². The molecule has 2 aliphatic heterocycles. The Morgan fingerprint density at radius 3 is 1.65 bits per heavy atom. The molecule has 0 spiro atoms. The zero-order chi connectivity index (χ0) is 14.6. The molecule has 0 radical (unpaired) electrons. The third-order valence-corrected chi connectivity index (χ3v) is 2.44. The molecule has 0 fully saturated rings. The Hall–Kier alpha value is -2.51. The van der Waals surface area contributed by atoms with Crippen molar-refractivity contribution in [1.29, 1.82) is 0 Å². The van der Waals surface area contributed by atoms with Crippen molar-refractivity contribution < 1.29 is 13.2 Å². The summed E-state index contributed by atoms with van der Waals surface area (Å²) in [7, 11) is 1.53. The molecule has 5 nitrogen and oxygen atoms in total. The number of alkyl halides is 3. The average molecular weight is 283 g/mol. The summed E-state index contributed by atoms with van der Waals surface area (Å²) >= 11 is 0. The molecule has 3 heterocycles. The van der Waals surface area contributed by atoms with E-state index in [-0.39, 0.29) is 5.95 Å². The van der Waals surface area contributed by atoms with E-state index in [0.717, 1.165) is 23.8 Å². The van der Waals surface area contributed by atoms with Crippen LogP contribution < -0.4 is 16.2 Å². The van der Waals surface area contributed by atoms with Gasteiger partial charge >= 0.3 is 6.18 Å². The van der Waals surface area contributed by atoms with E-state index in [4.69, 9.17) is 0 Å². The minimum absolute atomic E-state index is 0.169. The van der Waals surface area contributed by atoms with Gasteiger partial charge in [-0.05, 0) is 24.3 Å². The lowest BCUT2D eigenvalue weighted by Crippen LogP contribution is -2.12. The Kier molecular flexibility index (Phi) is 3.92. The SMILES string of the molecule is CNc1ncc(C(F)(F)F)cn1.c1cc2ccc1NN2. The van der Waals surface area contributed by atoms with E-state index in [2.05, 4.69) is 26.1 Å². The number of anilines is 3. The summed E-state index contributed by atoms with van der Waals surface area (Å²) in [6.07, 6.45) is -2.90. The zero-order valence-corrected chi connectivity index (χ0v) is 10.5. The molecule has 0 saturated heterocycles. The molecule has 3 N–H and O–H groups in total. The average Bonchev–Trinajstić information content (AvgIpc) is 2.49. The van der Waals surface area contributed by atoms with E-state index in [9.17, 15) is 13.2 Å². The number of nitrogens with zero attached hydrogens (tertiary/aromatic N) is 2. The highest BCUT2D eigenvalue weighted by molar-refractivity contribution is 5.62. The molecule has 2 aromatic rings. The largest absolute Gasteiger partial charge is 0.419 e. The summed E-state index contributed by atoms with van der Waals surface area (Å²) in [4.78, 5) is 6.84. The van der Waals surface area contributed by atoms with Crippen LogP contribution in [0.1, 0.15) is 5.56 Å². The van der Waals surface area contributed by atoms with Gasteiger partial charge in [0.2, 0.25) is 5.95 Å². The number of aromatic nitrogens is 2. The van der Waals surface area contributed by atoms with Crippen LogP contribution >= 0.6 is 0 Å². The number of fused-ring (bicyclic) bond motifs is 3. The number of nitrogens with one attached hydrogen (secondary N) is 3. The van der Waals surface area contributed by atoms with Crippen molar-refractivity contribution in [3.05, 3.63) is 42.2 Å². The Balaban J connectivity index is 0.000000157. The van der Waals surface area contributed by atoms with Gasteiger partial charge in [-0.25, -0.2) is 9.97 Å². The Morgan fingerprint density at radius 2 is 1.40 bits per heavy atom. The fraction of sp³-hybridized carbons (Fsp3) is 0.167. The van der Waals surface area contributed by atoms with Crippen molar-refractivity contribution in [2.24, 2.45) is 0 Å². The number of rotatable bonds is 1. The van der Waals surface area contributed by atoms with Crippen LogP contribution in [0.5, 0.6) is 0 Å². The zero-order valence-electron chi connectivity index (χ0n) is 10.5. The molecule has 0 amide bonds. The van der Waals surface area contributed by atoms with Gasteiger partial charge in [0.15, 0.2) is 0 Å². The van der Waals surface area contributed by atoms with Crippen LogP contribution in [0.3, 0.4) is 0 Å². The maximum Gasteiger partial charge on any atom is 0.419 e. The first-order valence-corrected chi connectivity index (χ1v) is 5.68. The highest BCUT2D eigenvalue weighted by Gasteiger charge is 2.31. The van der Waals surface area contributed by atoms with Gasteiger partial charge in [0.25, 0.3) is 0 Å². The number of hydrogen-bond acceptors (Lipinski definition) is 5. The quantitative estimate of drug-likeness (QED) is 0.751. The normalized spacial score (nSPS) is 11.8. The second kappa shape index (κ2) is 5.64. The number of halogens is 3. The predicted octanol–water partition coefficient (Wildman–Crippen LogP) is 2.98. The van der Waals surface area contributed by atoms with Crippen LogP contribution in [-0.4, -0.2) is 17.0 Å². The molecule has 2 bridgehead atoms. The summed E-state index contributed by atoms with van der Waals surface area (Å²) in [5, 5.41) is 2.52. The standard InChI is InChI=1S/C6H6F3N3.C6H6N2/c1-10-5-11-2-4(3-12-5)6(7,8)9;1-2-6-4-3-5(1)7-8-6/h2-3H,1H3,(H,10,11,12);1-4,7-8H. The number of hydrazine groups is 1. The molecule has 0 aliphatic carbocycles. The molecular formula is C12H12F3N5. The highest BCUT2D eigenvalue weighted by atomic mass is 19.4. The maximum absolute atomic E-state index is 11.9. The van der Waals surface area contributed by atoms with Crippen molar-refractivity contribution in [3.63, 3.8) is 0 Å². The van der Waals surface area contributed by atoms with E-state index in [1.54, 1.807) is 0 Å². The fourth-order valence-corrected chi connectivity index (χ4v) is 1.38. The summed E-state index contributed by atoms with van der Waals surface area (Å²) in [5.74, 6) is 0.169. The topological polar surface area (TPSA) is 61.9 Å². The van der Waals surface area contributed by atoms with E-state index < -0.39 is 11.7 Å². The Bertz CT molecular complexity index is 528. The Labute approximate surface area is 113 Å². The smallest absolute Gasteiger partial charge is 0.357 e. The molecule has 106 valence electrons. The van der Waals surface area contributed by atoms with Crippen molar-refractivity contribution in [2.45, 2.75) is 6.18 Å². The first-order chi connectivity index (χ1) is 9.49. The molecule has 20 heavy (non-hydrogen) atoms. The molecular weight excluding hydrogens is 271 g/mol. The van der Waals surface area contributed by atoms with Gasteiger partial charge in [0.05, 0.1) is 16.9 Å². The molecule has 4 rings (SSSR count). The lowest BCUT2D eigenvalue weighted by atomic mass is 10.2. The van der Waals surface area contributed by atoms with Crippen LogP contribution in [0, 0.1) is 0 Å². The van der Waals surface area contributed by atoms with Gasteiger partial charge < -0.3 is 16.2 Å². The Morgan fingerprint density at radius 1 is 0.950 bits per heavy atom. The minimum Gasteiger partial charge on any atom is -0.357 e. The number of hydrogen-bond donors (Lipinski definition) is 3. The van der Waals surface area contributed by atoms with Crippen LogP contribution in [0.25, 0.3) is 0 Å². The van der Waals surface area contributed by atoms with E-state index in [1.807, 2.05) is 24.3 Å². The first-order valence-electron chi connectivity index (χ1n) is 5.68. The highest BCUT2D eigenvalue weighted by Crippen LogP contribution is 2.27. The van der Waals surface area contributed by atoms with Crippen LogP contribution in [0.4, 0.5) is 30.5 Å². The predicted molar refractivity (Wildman–Crippen MR) is 70.3 cm³/mol. The molecule has 0 atom stereocenters. The van der Waals surface area contributed by atoms with E-state index in [0.29, 0.717) is 0 Å². The summed E-state index contributed by atoms with van der Waals surface area (Å²) in [6, 6.07) is 8.13. The van der Waals surface area contributed by atoms with Gasteiger partial charge in [-0.3, -0.25) is 0 Å². The summed E-state index contributed by atoms with van der Waals surface area (Å²) in [5.41, 5.74) is 7.35. The second-order valence-corrected chi connectivity index (χ2v) is 3.87. The second-order valence-electron chi connectivity index (χ2n) is 3.87. The minimum atomic E-state index is -4.37. The molecule has 2 aliphatic rings. The lowest BCUT2D eigenvalue weighted by Gasteiger charge is -2.15. The summed E-state index contributed by atoms with van der Waals surface area (Å²) < 4.78 is 35.8. The van der Waals surface area contributed by atoms with Crippen molar-refractivity contribution >= 4 is 17.3 Å². The third kappa shape index (κ3) is 3.50. The van der Waals surface area contributed by atoms with Gasteiger partial charge in [-0.1, -0.05) is 0 Å². The molecule has 0 saturated carbocycles. The van der Waals surface area contributed by atoms with Crippen molar-refractivity contribution in [2.75, 3.05) is 23.2 Å². The van der Waals surface area contributed by atoms with Crippen LogP contribution in [0.2, 0.25) is 0 Å². The molecule has 1 aromatic carbocycles. The van der Waals surface area contributed by atoms with Gasteiger partial charge in [0, 0.05) is 19.4 Å². The first kappa shape index (κ1) is 13.9. The summed E-state index contributed by atoms with van der Waals surface area (Å²) in [6.45, 7) is 0. The third-order valence-electron chi connectivity index (χ3n) is 2.44. The molecule has 1 aromatic heterocycles. The monoisotopic (exact) mass is 283 g/mol. The van der Waals surface area contributed by atoms with E-state index in [1.165, 1.54) is 7.05 Å². The molecule has 0 unspecified atom stereocenters. The molecule has 8 heteroatoms. The van der Waals surface area contributed by atoms with Crippen LogP contribution in [0.15, 0.2) is 36.7 Å². The lowest BCUT2D eigenvalue weighted by molar-refractivity contribution is -0.138. The van der Waals surface area contributed by atoms with Gasteiger partial charge in [-0.2, -0.15) is 13.2 Å². The van der Waals surface area contributed by atoms with Crippen LogP contribution in [-0.2, 0) is 6.18 Å². The van der Waals surface area contributed by atoms with Crippen molar-refractivity contribution in [3.8, 4) is 0 Å². The number of benzene rings is 1. The van der Waals surface area contributed by atoms with Gasteiger partial charge in [0.1, 0.15) is 0 Å². The van der Waals surface area contributed by atoms with Crippen molar-refractivity contribution in [1.82, 2.24) is 9.97 Å².